The average molecular weight is 676 g/mol. The van der Waals surface area contributed by atoms with E-state index < -0.39 is 0 Å². The van der Waals surface area contributed by atoms with Crippen LogP contribution in [0.15, 0.2) is 180 Å². The third-order valence-electron chi connectivity index (χ3n) is 10.5. The predicted octanol–water partition coefficient (Wildman–Crippen LogP) is 12.9. The molecule has 0 amide bonds. The molecular formula is C49H29N3O. The molecule has 0 fully saturated rings. The summed E-state index contributed by atoms with van der Waals surface area (Å²) in [5.74, 6) is 1.86. The molecule has 0 spiro atoms. The Kier molecular flexibility index (Phi) is 6.52. The van der Waals surface area contributed by atoms with Gasteiger partial charge in [0, 0.05) is 38.6 Å². The Morgan fingerprint density at radius 1 is 0.340 bits per heavy atom. The van der Waals surface area contributed by atoms with Gasteiger partial charge < -0.3 is 4.42 Å². The molecule has 0 bridgehead atoms. The number of hydrogen-bond acceptors (Lipinski definition) is 4. The summed E-state index contributed by atoms with van der Waals surface area (Å²) in [6.07, 6.45) is 0. The van der Waals surface area contributed by atoms with E-state index in [9.17, 15) is 0 Å². The first-order valence-electron chi connectivity index (χ1n) is 17.9. The molecule has 0 aliphatic heterocycles. The maximum atomic E-state index is 6.72. The standard InChI is InChI=1S/C49H29N3O/c1-4-15-31(16-5-1)43-40(49-51-47(32-17-6-2-7-18-32)50-48(52-49)33-19-8-3-9-20-33)29-39(36-25-14-24-35-34-23-10-11-28-41(34)53-46(35)36)44-37-26-12-21-30-22-13-27-38(42(30)37)45(43)44/h1-29H. The first-order valence-corrected chi connectivity index (χ1v) is 17.9. The number of fused-ring (bicyclic) bond motifs is 6. The fraction of sp³-hybridized carbons (Fsp3) is 0. The number of para-hydroxylation sites is 2. The van der Waals surface area contributed by atoms with Crippen molar-refractivity contribution >= 4 is 32.7 Å². The summed E-state index contributed by atoms with van der Waals surface area (Å²) in [7, 11) is 0. The van der Waals surface area contributed by atoms with E-state index in [0.29, 0.717) is 17.5 Å². The quantitative estimate of drug-likeness (QED) is 0.182. The van der Waals surface area contributed by atoms with E-state index in [2.05, 4.69) is 127 Å². The van der Waals surface area contributed by atoms with Crippen molar-refractivity contribution in [1.82, 2.24) is 15.0 Å². The van der Waals surface area contributed by atoms with Crippen molar-refractivity contribution in [2.45, 2.75) is 0 Å². The lowest BCUT2D eigenvalue weighted by atomic mass is 9.83. The van der Waals surface area contributed by atoms with Gasteiger partial charge >= 0.3 is 0 Å². The molecular weight excluding hydrogens is 647 g/mol. The highest BCUT2D eigenvalue weighted by molar-refractivity contribution is 6.24. The van der Waals surface area contributed by atoms with Crippen LogP contribution in [0.4, 0.5) is 0 Å². The third kappa shape index (κ3) is 4.59. The predicted molar refractivity (Wildman–Crippen MR) is 216 cm³/mol. The zero-order valence-corrected chi connectivity index (χ0v) is 28.5. The Morgan fingerprint density at radius 3 is 1.55 bits per heavy atom. The van der Waals surface area contributed by atoms with E-state index >= 15 is 0 Å². The normalized spacial score (nSPS) is 11.8. The van der Waals surface area contributed by atoms with Gasteiger partial charge in [-0.2, -0.15) is 0 Å². The van der Waals surface area contributed by atoms with Gasteiger partial charge in [0.25, 0.3) is 0 Å². The molecule has 0 N–H and O–H groups in total. The highest BCUT2D eigenvalue weighted by Gasteiger charge is 2.32. The van der Waals surface area contributed by atoms with Crippen molar-refractivity contribution in [3.05, 3.63) is 176 Å². The Morgan fingerprint density at radius 2 is 0.868 bits per heavy atom. The van der Waals surface area contributed by atoms with Crippen molar-refractivity contribution in [2.75, 3.05) is 0 Å². The summed E-state index contributed by atoms with van der Waals surface area (Å²) in [6.45, 7) is 0. The van der Waals surface area contributed by atoms with Crippen LogP contribution >= 0.6 is 0 Å². The van der Waals surface area contributed by atoms with Crippen LogP contribution in [0.3, 0.4) is 0 Å². The lowest BCUT2D eigenvalue weighted by molar-refractivity contribution is 0.670. The number of furan rings is 1. The van der Waals surface area contributed by atoms with E-state index in [0.717, 1.165) is 60.9 Å². The second-order valence-electron chi connectivity index (χ2n) is 13.5. The number of hydrogen-bond donors (Lipinski definition) is 0. The third-order valence-corrected chi connectivity index (χ3v) is 10.5. The fourth-order valence-electron chi connectivity index (χ4n) is 8.17. The number of benzene rings is 8. The van der Waals surface area contributed by atoms with Crippen LogP contribution in [-0.4, -0.2) is 15.0 Å². The molecule has 246 valence electrons. The molecule has 0 saturated heterocycles. The zero-order chi connectivity index (χ0) is 34.9. The molecule has 8 aromatic carbocycles. The maximum absolute atomic E-state index is 6.72. The largest absolute Gasteiger partial charge is 0.455 e. The van der Waals surface area contributed by atoms with Crippen molar-refractivity contribution in [3.63, 3.8) is 0 Å². The van der Waals surface area contributed by atoms with Crippen molar-refractivity contribution < 1.29 is 4.42 Å². The molecule has 2 heterocycles. The van der Waals surface area contributed by atoms with Gasteiger partial charge in [0.15, 0.2) is 17.5 Å². The van der Waals surface area contributed by atoms with E-state index in [1.165, 1.54) is 33.0 Å². The van der Waals surface area contributed by atoms with Crippen molar-refractivity contribution in [3.8, 4) is 78.7 Å². The number of rotatable bonds is 5. The minimum atomic E-state index is 0.612. The van der Waals surface area contributed by atoms with Crippen LogP contribution < -0.4 is 0 Å². The first-order chi connectivity index (χ1) is 26.3. The Labute approximate surface area is 305 Å². The van der Waals surface area contributed by atoms with Gasteiger partial charge in [-0.05, 0) is 56.3 Å². The summed E-state index contributed by atoms with van der Waals surface area (Å²) >= 11 is 0. The topological polar surface area (TPSA) is 51.8 Å². The molecule has 2 aromatic heterocycles. The molecule has 1 aliphatic carbocycles. The highest BCUT2D eigenvalue weighted by Crippen LogP contribution is 2.57. The average Bonchev–Trinajstić information content (AvgIpc) is 3.79. The summed E-state index contributed by atoms with van der Waals surface area (Å²) in [5, 5.41) is 4.66. The highest BCUT2D eigenvalue weighted by atomic mass is 16.3. The summed E-state index contributed by atoms with van der Waals surface area (Å²) < 4.78 is 6.72. The Bertz CT molecular complexity index is 2980. The number of aromatic nitrogens is 3. The molecule has 10 aromatic rings. The van der Waals surface area contributed by atoms with E-state index in [1.807, 2.05) is 48.5 Å². The lowest BCUT2D eigenvalue weighted by Gasteiger charge is -2.20. The van der Waals surface area contributed by atoms with Crippen molar-refractivity contribution in [1.29, 1.82) is 0 Å². The van der Waals surface area contributed by atoms with Gasteiger partial charge in [-0.15, -0.1) is 0 Å². The van der Waals surface area contributed by atoms with Crippen LogP contribution in [0.2, 0.25) is 0 Å². The summed E-state index contributed by atoms with van der Waals surface area (Å²) in [4.78, 5) is 15.6. The first kappa shape index (κ1) is 29.5. The van der Waals surface area contributed by atoms with Crippen LogP contribution in [0, 0.1) is 0 Å². The second-order valence-corrected chi connectivity index (χ2v) is 13.5. The van der Waals surface area contributed by atoms with Crippen LogP contribution in [0.25, 0.3) is 111 Å². The van der Waals surface area contributed by atoms with Gasteiger partial charge in [-0.1, -0.05) is 164 Å². The van der Waals surface area contributed by atoms with Crippen LogP contribution in [0.1, 0.15) is 0 Å². The molecule has 0 unspecified atom stereocenters. The summed E-state index contributed by atoms with van der Waals surface area (Å²) in [5.41, 5.74) is 13.6. The number of nitrogens with zero attached hydrogens (tertiary/aromatic N) is 3. The molecule has 53 heavy (non-hydrogen) atoms. The van der Waals surface area contributed by atoms with Gasteiger partial charge in [0.2, 0.25) is 0 Å². The molecule has 4 nitrogen and oxygen atoms in total. The van der Waals surface area contributed by atoms with Gasteiger partial charge in [0.05, 0.1) is 0 Å². The van der Waals surface area contributed by atoms with E-state index in [-0.39, 0.29) is 0 Å². The molecule has 0 saturated carbocycles. The van der Waals surface area contributed by atoms with Gasteiger partial charge in [-0.3, -0.25) is 0 Å². The Hall–Kier alpha value is -7.17. The summed E-state index contributed by atoms with van der Waals surface area (Å²) in [6, 6.07) is 61.4. The lowest BCUT2D eigenvalue weighted by Crippen LogP contribution is -2.02. The zero-order valence-electron chi connectivity index (χ0n) is 28.5. The molecule has 1 aliphatic rings. The molecule has 4 heteroatoms. The molecule has 11 rings (SSSR count). The second kappa shape index (κ2) is 11.7. The minimum Gasteiger partial charge on any atom is -0.455 e. The van der Waals surface area contributed by atoms with E-state index in [1.54, 1.807) is 0 Å². The minimum absolute atomic E-state index is 0.612. The maximum Gasteiger partial charge on any atom is 0.164 e. The van der Waals surface area contributed by atoms with Crippen LogP contribution in [0.5, 0.6) is 0 Å². The van der Waals surface area contributed by atoms with Crippen molar-refractivity contribution in [2.24, 2.45) is 0 Å². The fourth-order valence-corrected chi connectivity index (χ4v) is 8.17. The molecule has 0 radical (unpaired) electrons. The SMILES string of the molecule is c1ccc(-c2nc(-c3ccccc3)nc(-c3cc(-c4cccc5c4oc4ccccc45)c4c(c3-c3ccccc3)-c3cccc5cccc-4c35)n2)cc1. The molecule has 0 atom stereocenters. The van der Waals surface area contributed by atoms with E-state index in [4.69, 9.17) is 19.4 Å². The Balaban J connectivity index is 1.31. The smallest absolute Gasteiger partial charge is 0.164 e. The monoisotopic (exact) mass is 675 g/mol. The van der Waals surface area contributed by atoms with Crippen LogP contribution in [-0.2, 0) is 0 Å². The van der Waals surface area contributed by atoms with Gasteiger partial charge in [0.1, 0.15) is 11.2 Å². The van der Waals surface area contributed by atoms with Gasteiger partial charge in [-0.25, -0.2) is 15.0 Å².